The number of aromatic nitrogens is 1. The lowest BCUT2D eigenvalue weighted by molar-refractivity contribution is -0.161. The molecule has 0 aliphatic carbocycles. The molecule has 2 N–H and O–H groups in total. The number of carbonyl (C=O) groups excluding carboxylic acids is 1. The molecule has 0 saturated heterocycles. The second kappa shape index (κ2) is 6.21. The van der Waals surface area contributed by atoms with Gasteiger partial charge in [-0.15, -0.1) is 0 Å². The van der Waals surface area contributed by atoms with Crippen LogP contribution in [0.2, 0.25) is 0 Å². The van der Waals surface area contributed by atoms with Crippen molar-refractivity contribution >= 4 is 28.7 Å². The summed E-state index contributed by atoms with van der Waals surface area (Å²) in [5.74, 6) is -3.81. The molecule has 0 spiro atoms. The van der Waals surface area contributed by atoms with Gasteiger partial charge >= 0.3 is 11.9 Å². The number of rotatable bonds is 5. The predicted octanol–water partition coefficient (Wildman–Crippen LogP) is 1.12. The highest BCUT2D eigenvalue weighted by atomic mass is 16.4. The number of hydrogen-bond donors (Lipinski definition) is 2. The Kier molecular flexibility index (Phi) is 4.36. The minimum Gasteiger partial charge on any atom is -0.479 e. The highest BCUT2D eigenvalue weighted by Gasteiger charge is 2.34. The fourth-order valence-electron chi connectivity index (χ4n) is 2.16. The van der Waals surface area contributed by atoms with Gasteiger partial charge in [0, 0.05) is 25.1 Å². The second-order valence-electron chi connectivity index (χ2n) is 4.76. The maximum atomic E-state index is 11.6. The average Bonchev–Trinajstić information content (AvgIpc) is 2.45. The first kappa shape index (κ1) is 15.4. The molecular weight excluding hydrogens is 288 g/mol. The summed E-state index contributed by atoms with van der Waals surface area (Å²) >= 11 is 0. The highest BCUT2D eigenvalue weighted by Crippen LogP contribution is 2.15. The van der Waals surface area contributed by atoms with Crippen molar-refractivity contribution in [2.24, 2.45) is 0 Å². The van der Waals surface area contributed by atoms with Gasteiger partial charge in [-0.2, -0.15) is 0 Å². The summed E-state index contributed by atoms with van der Waals surface area (Å²) in [5.41, 5.74) is 1.31. The quantitative estimate of drug-likeness (QED) is 0.801. The van der Waals surface area contributed by atoms with Crippen LogP contribution in [0.25, 0.3) is 10.9 Å². The van der Waals surface area contributed by atoms with Gasteiger partial charge in [0.25, 0.3) is 0 Å². The van der Waals surface area contributed by atoms with Crippen LogP contribution in [0.1, 0.15) is 12.5 Å². The van der Waals surface area contributed by atoms with Crippen LogP contribution < -0.4 is 0 Å². The van der Waals surface area contributed by atoms with Crippen LogP contribution >= 0.6 is 0 Å². The van der Waals surface area contributed by atoms with Crippen LogP contribution in [0, 0.1) is 0 Å². The minimum atomic E-state index is -1.93. The Labute approximate surface area is 125 Å². The Balaban J connectivity index is 2.35. The van der Waals surface area contributed by atoms with Gasteiger partial charge in [-0.05, 0) is 17.7 Å². The number of carboxylic acids is 2. The molecule has 0 aliphatic rings. The number of benzene rings is 1. The van der Waals surface area contributed by atoms with E-state index in [1.165, 1.54) is 6.20 Å². The third-order valence-electron chi connectivity index (χ3n) is 3.18. The molecule has 2 rings (SSSR count). The van der Waals surface area contributed by atoms with Gasteiger partial charge in [0.2, 0.25) is 11.9 Å². The summed E-state index contributed by atoms with van der Waals surface area (Å²) < 4.78 is 0. The van der Waals surface area contributed by atoms with E-state index in [-0.39, 0.29) is 6.54 Å². The third kappa shape index (κ3) is 3.20. The molecule has 1 heterocycles. The topological polar surface area (TPSA) is 108 Å². The normalized spacial score (nSPS) is 10.6. The average molecular weight is 302 g/mol. The van der Waals surface area contributed by atoms with Crippen molar-refractivity contribution in [1.29, 1.82) is 0 Å². The molecule has 2 aromatic rings. The molecule has 7 nitrogen and oxygen atoms in total. The summed E-state index contributed by atoms with van der Waals surface area (Å²) in [4.78, 5) is 38.8. The molecule has 0 bridgehead atoms. The third-order valence-corrected chi connectivity index (χ3v) is 3.18. The number of aliphatic carboxylic acids is 2. The molecule has 1 aromatic carbocycles. The van der Waals surface area contributed by atoms with Crippen LogP contribution in [0.3, 0.4) is 0 Å². The van der Waals surface area contributed by atoms with E-state index in [0.29, 0.717) is 5.56 Å². The molecule has 0 unspecified atom stereocenters. The molecule has 1 aromatic heterocycles. The fraction of sp³-hybridized carbons (Fsp3) is 0.200. The summed E-state index contributed by atoms with van der Waals surface area (Å²) in [6.07, 6.45) is 1.50. The van der Waals surface area contributed by atoms with Crippen LogP contribution in [-0.4, -0.2) is 44.0 Å². The van der Waals surface area contributed by atoms with E-state index in [1.807, 2.05) is 24.3 Å². The van der Waals surface area contributed by atoms with Crippen LogP contribution in [0.15, 0.2) is 36.5 Å². The standard InChI is InChI=1S/C15H14N2O5/c1-9(18)17(13(14(19)20)15(21)22)8-10-6-11-4-2-3-5-12(11)16-7-10/h2-7,13H,8H2,1H3,(H,19,20)(H,21,22). The molecule has 0 saturated carbocycles. The van der Waals surface area contributed by atoms with Gasteiger partial charge < -0.3 is 15.1 Å². The van der Waals surface area contributed by atoms with Crippen LogP contribution in [0.4, 0.5) is 0 Å². The Hall–Kier alpha value is -2.96. The number of carbonyl (C=O) groups is 3. The number of para-hydroxylation sites is 1. The monoisotopic (exact) mass is 302 g/mol. The number of nitrogens with zero attached hydrogens (tertiary/aromatic N) is 2. The number of hydrogen-bond acceptors (Lipinski definition) is 4. The lowest BCUT2D eigenvalue weighted by atomic mass is 10.1. The largest absolute Gasteiger partial charge is 0.479 e. The van der Waals surface area contributed by atoms with Gasteiger partial charge in [0.1, 0.15) is 0 Å². The van der Waals surface area contributed by atoms with E-state index in [1.54, 1.807) is 6.07 Å². The summed E-state index contributed by atoms with van der Waals surface area (Å²) in [6, 6.07) is 7.13. The first-order chi connectivity index (χ1) is 10.4. The lowest BCUT2D eigenvalue weighted by Crippen LogP contribution is -2.48. The highest BCUT2D eigenvalue weighted by molar-refractivity contribution is 6.00. The molecule has 0 atom stereocenters. The van der Waals surface area contributed by atoms with Gasteiger partial charge in [0.15, 0.2) is 0 Å². The van der Waals surface area contributed by atoms with Crippen LogP contribution in [-0.2, 0) is 20.9 Å². The number of fused-ring (bicyclic) bond motifs is 1. The van der Waals surface area contributed by atoms with E-state index in [4.69, 9.17) is 10.2 Å². The molecule has 1 amide bonds. The SMILES string of the molecule is CC(=O)N(Cc1cnc2ccccc2c1)C(C(=O)O)C(=O)O. The van der Waals surface area contributed by atoms with E-state index in [9.17, 15) is 14.4 Å². The van der Waals surface area contributed by atoms with Gasteiger partial charge in [-0.1, -0.05) is 18.2 Å². The second-order valence-corrected chi connectivity index (χ2v) is 4.76. The maximum absolute atomic E-state index is 11.6. The number of amides is 1. The van der Waals surface area contributed by atoms with Gasteiger partial charge in [0.05, 0.1) is 5.52 Å². The fourth-order valence-corrected chi connectivity index (χ4v) is 2.16. The maximum Gasteiger partial charge on any atom is 0.338 e. The summed E-state index contributed by atoms with van der Waals surface area (Å²) in [6.45, 7) is 0.990. The van der Waals surface area contributed by atoms with Crippen molar-refractivity contribution < 1.29 is 24.6 Å². The van der Waals surface area contributed by atoms with Crippen LogP contribution in [0.5, 0.6) is 0 Å². The van der Waals surface area contributed by atoms with Crippen molar-refractivity contribution in [3.8, 4) is 0 Å². The molecule has 0 fully saturated rings. The van der Waals surface area contributed by atoms with E-state index < -0.39 is 23.9 Å². The molecule has 0 aliphatic heterocycles. The Morgan fingerprint density at radius 1 is 1.18 bits per heavy atom. The van der Waals surface area contributed by atoms with Crippen molar-refractivity contribution in [3.05, 3.63) is 42.1 Å². The zero-order chi connectivity index (χ0) is 16.3. The zero-order valence-corrected chi connectivity index (χ0v) is 11.8. The zero-order valence-electron chi connectivity index (χ0n) is 11.8. The number of carboxylic acid groups (broad SMARTS) is 2. The van der Waals surface area contributed by atoms with E-state index in [2.05, 4.69) is 4.98 Å². The smallest absolute Gasteiger partial charge is 0.338 e. The molecular formula is C15H14N2O5. The lowest BCUT2D eigenvalue weighted by Gasteiger charge is -2.25. The first-order valence-electron chi connectivity index (χ1n) is 6.46. The molecule has 22 heavy (non-hydrogen) atoms. The van der Waals surface area contributed by atoms with Crippen molar-refractivity contribution in [2.75, 3.05) is 0 Å². The minimum absolute atomic E-state index is 0.142. The van der Waals surface area contributed by atoms with Crippen molar-refractivity contribution in [2.45, 2.75) is 19.5 Å². The van der Waals surface area contributed by atoms with Gasteiger partial charge in [-0.25, -0.2) is 9.59 Å². The first-order valence-corrected chi connectivity index (χ1v) is 6.46. The predicted molar refractivity (Wildman–Crippen MR) is 77.0 cm³/mol. The van der Waals surface area contributed by atoms with Crippen molar-refractivity contribution in [3.63, 3.8) is 0 Å². The van der Waals surface area contributed by atoms with E-state index >= 15 is 0 Å². The Morgan fingerprint density at radius 2 is 1.82 bits per heavy atom. The molecule has 0 radical (unpaired) electrons. The van der Waals surface area contributed by atoms with Crippen molar-refractivity contribution in [1.82, 2.24) is 9.88 Å². The molecule has 114 valence electrons. The van der Waals surface area contributed by atoms with E-state index in [0.717, 1.165) is 22.7 Å². The summed E-state index contributed by atoms with van der Waals surface area (Å²) in [7, 11) is 0. The molecule has 7 heteroatoms. The number of pyridine rings is 1. The summed E-state index contributed by atoms with van der Waals surface area (Å²) in [5, 5.41) is 18.9. The van der Waals surface area contributed by atoms with Gasteiger partial charge in [-0.3, -0.25) is 9.78 Å². The Bertz CT molecular complexity index is 730. The Morgan fingerprint density at radius 3 is 2.41 bits per heavy atom.